The van der Waals surface area contributed by atoms with Crippen molar-refractivity contribution in [2.24, 2.45) is 0 Å². The summed E-state index contributed by atoms with van der Waals surface area (Å²) in [6, 6.07) is 17.2. The van der Waals surface area contributed by atoms with E-state index in [0.717, 1.165) is 17.0 Å². The van der Waals surface area contributed by atoms with Crippen LogP contribution in [0.25, 0.3) is 5.69 Å². The Morgan fingerprint density at radius 1 is 1.15 bits per heavy atom. The predicted octanol–water partition coefficient (Wildman–Crippen LogP) is 2.91. The Bertz CT molecular complexity index is 856. The maximum Gasteiger partial charge on any atom is 0.251 e. The molecule has 6 heteroatoms. The van der Waals surface area contributed by atoms with Crippen LogP contribution in [0.4, 0.5) is 0 Å². The second-order valence-electron chi connectivity index (χ2n) is 6.46. The molecule has 0 aliphatic carbocycles. The standard InChI is InChI=1S/C21H24N4O2/c1-24(2)20(16-7-11-19(27-3)12-8-16)15-22-21(26)17-5-9-18(10-6-17)25-14-4-13-23-25/h4-14,20H,15H2,1-3H3,(H,22,26)/t20-/m1/s1. The SMILES string of the molecule is COc1ccc([C@@H](CNC(=O)c2ccc(-n3cccn3)cc2)N(C)C)cc1. The first kappa shape index (κ1) is 18.7. The number of nitrogens with zero attached hydrogens (tertiary/aromatic N) is 3. The highest BCUT2D eigenvalue weighted by molar-refractivity contribution is 5.94. The number of ether oxygens (including phenoxy) is 1. The average molecular weight is 364 g/mol. The molecular formula is C21H24N4O2. The molecule has 1 aromatic heterocycles. The molecule has 0 saturated carbocycles. The predicted molar refractivity (Wildman–Crippen MR) is 105 cm³/mol. The molecule has 140 valence electrons. The van der Waals surface area contributed by atoms with Gasteiger partial charge in [-0.05, 0) is 62.1 Å². The molecule has 0 fully saturated rings. The van der Waals surface area contributed by atoms with Crippen molar-refractivity contribution >= 4 is 5.91 Å². The Labute approximate surface area is 159 Å². The van der Waals surface area contributed by atoms with Gasteiger partial charge in [0.15, 0.2) is 0 Å². The number of amides is 1. The van der Waals surface area contributed by atoms with E-state index in [-0.39, 0.29) is 11.9 Å². The van der Waals surface area contributed by atoms with Crippen LogP contribution in [0.3, 0.4) is 0 Å². The quantitative estimate of drug-likeness (QED) is 0.700. The first-order chi connectivity index (χ1) is 13.1. The number of benzene rings is 2. The van der Waals surface area contributed by atoms with E-state index in [9.17, 15) is 4.79 Å². The largest absolute Gasteiger partial charge is 0.497 e. The van der Waals surface area contributed by atoms with Crippen molar-refractivity contribution in [2.75, 3.05) is 27.7 Å². The first-order valence-electron chi connectivity index (χ1n) is 8.77. The van der Waals surface area contributed by atoms with Gasteiger partial charge >= 0.3 is 0 Å². The van der Waals surface area contributed by atoms with Crippen molar-refractivity contribution in [3.63, 3.8) is 0 Å². The van der Waals surface area contributed by atoms with Crippen LogP contribution in [0.5, 0.6) is 5.75 Å². The molecule has 1 amide bonds. The molecule has 0 aliphatic rings. The molecule has 0 bridgehead atoms. The highest BCUT2D eigenvalue weighted by Crippen LogP contribution is 2.21. The fraction of sp³-hybridized carbons (Fsp3) is 0.238. The number of carbonyl (C=O) groups is 1. The summed E-state index contributed by atoms with van der Waals surface area (Å²) in [7, 11) is 5.65. The lowest BCUT2D eigenvalue weighted by atomic mass is 10.1. The maximum atomic E-state index is 12.5. The highest BCUT2D eigenvalue weighted by Gasteiger charge is 2.16. The molecule has 3 aromatic rings. The van der Waals surface area contributed by atoms with Crippen molar-refractivity contribution in [1.29, 1.82) is 0 Å². The van der Waals surface area contributed by atoms with Gasteiger partial charge < -0.3 is 15.0 Å². The second-order valence-corrected chi connectivity index (χ2v) is 6.46. The van der Waals surface area contributed by atoms with Crippen LogP contribution in [0, 0.1) is 0 Å². The van der Waals surface area contributed by atoms with E-state index >= 15 is 0 Å². The van der Waals surface area contributed by atoms with Crippen molar-refractivity contribution in [2.45, 2.75) is 6.04 Å². The third kappa shape index (κ3) is 4.54. The van der Waals surface area contributed by atoms with Crippen molar-refractivity contribution in [1.82, 2.24) is 20.0 Å². The molecule has 6 nitrogen and oxygen atoms in total. The van der Waals surface area contributed by atoms with Gasteiger partial charge in [0, 0.05) is 24.5 Å². The van der Waals surface area contributed by atoms with Gasteiger partial charge in [-0.25, -0.2) is 4.68 Å². The third-order valence-corrected chi connectivity index (χ3v) is 4.48. The van der Waals surface area contributed by atoms with Crippen LogP contribution in [0.1, 0.15) is 22.0 Å². The number of carbonyl (C=O) groups excluding carboxylic acids is 1. The van der Waals surface area contributed by atoms with Gasteiger partial charge in [0.1, 0.15) is 5.75 Å². The summed E-state index contributed by atoms with van der Waals surface area (Å²) in [5.41, 5.74) is 2.66. The number of hydrogen-bond donors (Lipinski definition) is 1. The molecule has 1 heterocycles. The molecule has 0 spiro atoms. The lowest BCUT2D eigenvalue weighted by Crippen LogP contribution is -2.34. The van der Waals surface area contributed by atoms with Crippen molar-refractivity contribution in [3.8, 4) is 11.4 Å². The summed E-state index contributed by atoms with van der Waals surface area (Å²) < 4.78 is 6.97. The summed E-state index contributed by atoms with van der Waals surface area (Å²) in [5, 5.41) is 7.21. The summed E-state index contributed by atoms with van der Waals surface area (Å²) in [4.78, 5) is 14.6. The molecule has 0 radical (unpaired) electrons. The normalized spacial score (nSPS) is 12.0. The summed E-state index contributed by atoms with van der Waals surface area (Å²) in [5.74, 6) is 0.722. The molecule has 27 heavy (non-hydrogen) atoms. The van der Waals surface area contributed by atoms with Gasteiger partial charge in [-0.15, -0.1) is 0 Å². The van der Waals surface area contributed by atoms with Gasteiger partial charge in [-0.2, -0.15) is 5.10 Å². The van der Waals surface area contributed by atoms with Crippen molar-refractivity contribution < 1.29 is 9.53 Å². The molecule has 3 rings (SSSR count). The second kappa shape index (κ2) is 8.51. The maximum absolute atomic E-state index is 12.5. The minimum Gasteiger partial charge on any atom is -0.497 e. The van der Waals surface area contributed by atoms with Gasteiger partial charge in [0.2, 0.25) is 0 Å². The molecule has 1 atom stereocenters. The average Bonchev–Trinajstić information content (AvgIpc) is 3.23. The number of aromatic nitrogens is 2. The smallest absolute Gasteiger partial charge is 0.251 e. The van der Waals surface area contributed by atoms with Crippen LogP contribution in [0.2, 0.25) is 0 Å². The molecule has 0 unspecified atom stereocenters. The van der Waals surface area contributed by atoms with E-state index in [4.69, 9.17) is 4.74 Å². The fourth-order valence-corrected chi connectivity index (χ4v) is 2.90. The fourth-order valence-electron chi connectivity index (χ4n) is 2.90. The first-order valence-corrected chi connectivity index (χ1v) is 8.77. The van der Waals surface area contributed by atoms with Gasteiger partial charge in [0.05, 0.1) is 18.8 Å². The van der Waals surface area contributed by atoms with Gasteiger partial charge in [-0.1, -0.05) is 12.1 Å². The van der Waals surface area contributed by atoms with Crippen LogP contribution >= 0.6 is 0 Å². The zero-order chi connectivity index (χ0) is 19.2. The summed E-state index contributed by atoms with van der Waals surface area (Å²) in [6.45, 7) is 0.513. The number of methoxy groups -OCH3 is 1. The van der Waals surface area contributed by atoms with Crippen LogP contribution in [0.15, 0.2) is 67.0 Å². The van der Waals surface area contributed by atoms with Crippen LogP contribution in [-0.2, 0) is 0 Å². The van der Waals surface area contributed by atoms with E-state index in [0.29, 0.717) is 12.1 Å². The Kier molecular flexibility index (Phi) is 5.88. The lowest BCUT2D eigenvalue weighted by Gasteiger charge is -2.25. The van der Waals surface area contributed by atoms with E-state index < -0.39 is 0 Å². The minimum absolute atomic E-state index is 0.0724. The topological polar surface area (TPSA) is 59.4 Å². The number of rotatable bonds is 7. The summed E-state index contributed by atoms with van der Waals surface area (Å²) >= 11 is 0. The lowest BCUT2D eigenvalue weighted by molar-refractivity contribution is 0.0942. The van der Waals surface area contributed by atoms with Gasteiger partial charge in [-0.3, -0.25) is 4.79 Å². The third-order valence-electron chi connectivity index (χ3n) is 4.48. The van der Waals surface area contributed by atoms with E-state index in [1.165, 1.54) is 0 Å². The highest BCUT2D eigenvalue weighted by atomic mass is 16.5. The summed E-state index contributed by atoms with van der Waals surface area (Å²) in [6.07, 6.45) is 3.59. The molecular weight excluding hydrogens is 340 g/mol. The van der Waals surface area contributed by atoms with E-state index in [2.05, 4.69) is 15.3 Å². The van der Waals surface area contributed by atoms with Gasteiger partial charge in [0.25, 0.3) is 5.91 Å². The molecule has 2 aromatic carbocycles. The van der Waals surface area contributed by atoms with Crippen LogP contribution < -0.4 is 10.1 Å². The monoisotopic (exact) mass is 364 g/mol. The number of hydrogen-bond acceptors (Lipinski definition) is 4. The van der Waals surface area contributed by atoms with E-state index in [1.807, 2.05) is 74.9 Å². The molecule has 0 saturated heterocycles. The minimum atomic E-state index is -0.0950. The zero-order valence-electron chi connectivity index (χ0n) is 15.8. The Morgan fingerprint density at radius 3 is 2.41 bits per heavy atom. The Hall–Kier alpha value is -3.12. The van der Waals surface area contributed by atoms with Crippen LogP contribution in [-0.4, -0.2) is 48.3 Å². The molecule has 0 aliphatic heterocycles. The number of nitrogens with one attached hydrogen (secondary N) is 1. The molecule has 1 N–H and O–H groups in total. The van der Waals surface area contributed by atoms with Crippen molar-refractivity contribution in [3.05, 3.63) is 78.1 Å². The Balaban J connectivity index is 1.65. The Morgan fingerprint density at radius 2 is 1.85 bits per heavy atom. The van der Waals surface area contributed by atoms with E-state index in [1.54, 1.807) is 18.0 Å². The zero-order valence-corrected chi connectivity index (χ0v) is 15.8. The number of likely N-dealkylation sites (N-methyl/N-ethyl adjacent to an activating group) is 1.